The number of hydrogen-bond acceptors (Lipinski definition) is 9. The van der Waals surface area contributed by atoms with Crippen molar-refractivity contribution in [3.8, 4) is 0 Å². The van der Waals surface area contributed by atoms with Gasteiger partial charge in [-0.3, -0.25) is 9.69 Å². The van der Waals surface area contributed by atoms with E-state index in [4.69, 9.17) is 4.42 Å². The lowest BCUT2D eigenvalue weighted by Gasteiger charge is -2.36. The zero-order valence-corrected chi connectivity index (χ0v) is 22.5. The monoisotopic (exact) mass is 524 g/mol. The van der Waals surface area contributed by atoms with Crippen LogP contribution in [0.4, 0.5) is 10.8 Å². The number of thiazole rings is 1. The standard InChI is InChI=1S/C27H36N6O3S/c1-5-23(34)31-19-10-8-18(9-11-19)25(35)33-12-6-7-20(17-33)32-26-30-14-21(37-26)13-28-16-24-29-15-22(36-24)27(2,3)4/h5,8-11,14-15,20,25,28,35H,1,6-7,12-13,16-17H2,2-4H3,(H,30,32)(H,31,34)/t20-,25-/m1/s1. The second-order valence-corrected chi connectivity index (χ2v) is 11.4. The highest BCUT2D eigenvalue weighted by Gasteiger charge is 2.26. The number of nitrogens with one attached hydrogen (secondary N) is 3. The van der Waals surface area contributed by atoms with Crippen molar-refractivity contribution in [1.82, 2.24) is 20.2 Å². The highest BCUT2D eigenvalue weighted by molar-refractivity contribution is 7.15. The minimum atomic E-state index is -0.709. The Bertz CT molecular complexity index is 1180. The Morgan fingerprint density at radius 2 is 2.05 bits per heavy atom. The summed E-state index contributed by atoms with van der Waals surface area (Å²) < 4.78 is 5.84. The van der Waals surface area contributed by atoms with E-state index in [2.05, 4.69) is 58.2 Å². The molecule has 2 atom stereocenters. The van der Waals surface area contributed by atoms with Crippen molar-refractivity contribution in [2.24, 2.45) is 0 Å². The maximum atomic E-state index is 11.5. The first-order chi connectivity index (χ1) is 17.7. The third-order valence-electron chi connectivity index (χ3n) is 6.21. The molecular formula is C27H36N6O3S. The topological polar surface area (TPSA) is 116 Å². The summed E-state index contributed by atoms with van der Waals surface area (Å²) in [5.74, 6) is 1.31. The highest BCUT2D eigenvalue weighted by atomic mass is 32.1. The molecule has 0 unspecified atom stereocenters. The fourth-order valence-electron chi connectivity index (χ4n) is 4.15. The summed E-state index contributed by atoms with van der Waals surface area (Å²) >= 11 is 1.63. The number of anilines is 2. The molecule has 10 heteroatoms. The van der Waals surface area contributed by atoms with E-state index in [1.54, 1.807) is 29.7 Å². The summed E-state index contributed by atoms with van der Waals surface area (Å²) in [5, 5.41) is 21.5. The van der Waals surface area contributed by atoms with Crippen LogP contribution < -0.4 is 16.0 Å². The Morgan fingerprint density at radius 3 is 2.76 bits per heavy atom. The molecule has 1 fully saturated rings. The molecule has 0 spiro atoms. The van der Waals surface area contributed by atoms with Crippen LogP contribution in [0.5, 0.6) is 0 Å². The van der Waals surface area contributed by atoms with Gasteiger partial charge in [0.15, 0.2) is 5.13 Å². The Balaban J connectivity index is 1.25. The van der Waals surface area contributed by atoms with Gasteiger partial charge in [0.1, 0.15) is 12.0 Å². The molecule has 4 rings (SSSR count). The normalized spacial score (nSPS) is 17.4. The molecular weight excluding hydrogens is 488 g/mol. The number of carbonyl (C=O) groups excluding carboxylic acids is 1. The molecule has 9 nitrogen and oxygen atoms in total. The third kappa shape index (κ3) is 7.48. The minimum Gasteiger partial charge on any atom is -0.444 e. The smallest absolute Gasteiger partial charge is 0.247 e. The van der Waals surface area contributed by atoms with E-state index < -0.39 is 6.23 Å². The molecule has 3 heterocycles. The van der Waals surface area contributed by atoms with E-state index in [0.717, 1.165) is 40.7 Å². The van der Waals surface area contributed by atoms with E-state index in [1.807, 2.05) is 18.3 Å². The molecule has 0 aliphatic carbocycles. The Kier molecular flexibility index (Phi) is 8.75. The van der Waals surface area contributed by atoms with Crippen molar-refractivity contribution in [3.05, 3.63) is 71.4 Å². The number of rotatable bonds is 10. The summed E-state index contributed by atoms with van der Waals surface area (Å²) in [6.45, 7) is 12.6. The van der Waals surface area contributed by atoms with E-state index >= 15 is 0 Å². The quantitative estimate of drug-likeness (QED) is 0.288. The molecule has 1 aromatic carbocycles. The summed E-state index contributed by atoms with van der Waals surface area (Å²) in [6, 6.07) is 7.45. The SMILES string of the molecule is C=CC(=O)Nc1ccc([C@@H](O)N2CCC[C@@H](Nc3ncc(CNCc4ncc(C(C)(C)C)o4)s3)C2)cc1. The van der Waals surface area contributed by atoms with Gasteiger partial charge in [0, 0.05) is 47.9 Å². The number of benzene rings is 1. The number of amides is 1. The maximum absolute atomic E-state index is 11.5. The summed E-state index contributed by atoms with van der Waals surface area (Å²) in [7, 11) is 0. The van der Waals surface area contributed by atoms with Gasteiger partial charge in [0.2, 0.25) is 11.8 Å². The molecule has 0 radical (unpaired) electrons. The number of nitrogens with zero attached hydrogens (tertiary/aromatic N) is 3. The number of aromatic nitrogens is 2. The van der Waals surface area contributed by atoms with Gasteiger partial charge >= 0.3 is 0 Å². The van der Waals surface area contributed by atoms with Crippen LogP contribution in [0.2, 0.25) is 0 Å². The van der Waals surface area contributed by atoms with Gasteiger partial charge in [-0.25, -0.2) is 9.97 Å². The first-order valence-electron chi connectivity index (χ1n) is 12.5. The van der Waals surface area contributed by atoms with E-state index in [0.29, 0.717) is 31.2 Å². The molecule has 0 bridgehead atoms. The fraction of sp³-hybridized carbons (Fsp3) is 0.444. The van der Waals surface area contributed by atoms with Crippen LogP contribution >= 0.6 is 11.3 Å². The number of aliphatic hydroxyl groups is 1. The number of piperidine rings is 1. The van der Waals surface area contributed by atoms with Gasteiger partial charge in [-0.05, 0) is 36.6 Å². The largest absolute Gasteiger partial charge is 0.444 e. The average Bonchev–Trinajstić information content (AvgIpc) is 3.54. The summed E-state index contributed by atoms with van der Waals surface area (Å²) in [5.41, 5.74) is 1.41. The minimum absolute atomic E-state index is 0.0523. The van der Waals surface area contributed by atoms with Crippen LogP contribution in [0.1, 0.15) is 61.9 Å². The van der Waals surface area contributed by atoms with Crippen LogP contribution in [-0.4, -0.2) is 45.0 Å². The predicted molar refractivity (Wildman–Crippen MR) is 146 cm³/mol. The lowest BCUT2D eigenvalue weighted by atomic mass is 9.94. The van der Waals surface area contributed by atoms with Crippen LogP contribution in [0.3, 0.4) is 0 Å². The molecule has 1 saturated heterocycles. The first kappa shape index (κ1) is 27.0. The second kappa shape index (κ2) is 12.0. The fourth-order valence-corrected chi connectivity index (χ4v) is 5.01. The lowest BCUT2D eigenvalue weighted by Crippen LogP contribution is -2.43. The van der Waals surface area contributed by atoms with Crippen LogP contribution in [0, 0.1) is 0 Å². The molecule has 1 aliphatic rings. The van der Waals surface area contributed by atoms with Crippen molar-refractivity contribution in [1.29, 1.82) is 0 Å². The number of carbonyl (C=O) groups is 1. The second-order valence-electron chi connectivity index (χ2n) is 10.3. The molecule has 198 valence electrons. The zero-order chi connectivity index (χ0) is 26.4. The molecule has 3 aromatic rings. The molecule has 2 aromatic heterocycles. The van der Waals surface area contributed by atoms with E-state index in [-0.39, 0.29) is 17.4 Å². The summed E-state index contributed by atoms with van der Waals surface area (Å²) in [4.78, 5) is 23.6. The molecule has 4 N–H and O–H groups in total. The van der Waals surface area contributed by atoms with Crippen molar-refractivity contribution >= 4 is 28.1 Å². The van der Waals surface area contributed by atoms with Gasteiger partial charge < -0.3 is 25.5 Å². The summed E-state index contributed by atoms with van der Waals surface area (Å²) in [6.07, 6.45) is 6.20. The Hall–Kier alpha value is -3.05. The predicted octanol–water partition coefficient (Wildman–Crippen LogP) is 4.41. The van der Waals surface area contributed by atoms with Crippen LogP contribution in [-0.2, 0) is 23.3 Å². The number of oxazole rings is 1. The van der Waals surface area contributed by atoms with Gasteiger partial charge in [-0.15, -0.1) is 11.3 Å². The van der Waals surface area contributed by atoms with Gasteiger partial charge in [0.05, 0.1) is 12.7 Å². The molecule has 1 amide bonds. The highest BCUT2D eigenvalue weighted by Crippen LogP contribution is 2.27. The maximum Gasteiger partial charge on any atom is 0.247 e. The Morgan fingerprint density at radius 1 is 1.27 bits per heavy atom. The number of hydrogen-bond donors (Lipinski definition) is 4. The van der Waals surface area contributed by atoms with Gasteiger partial charge in [-0.1, -0.05) is 39.5 Å². The molecule has 37 heavy (non-hydrogen) atoms. The van der Waals surface area contributed by atoms with Crippen molar-refractivity contribution in [2.75, 3.05) is 23.7 Å². The lowest BCUT2D eigenvalue weighted by molar-refractivity contribution is -0.111. The van der Waals surface area contributed by atoms with Crippen LogP contribution in [0.25, 0.3) is 0 Å². The average molecular weight is 525 g/mol. The number of aliphatic hydroxyl groups excluding tert-OH is 1. The van der Waals surface area contributed by atoms with Crippen molar-refractivity contribution < 1.29 is 14.3 Å². The zero-order valence-electron chi connectivity index (χ0n) is 21.7. The van der Waals surface area contributed by atoms with E-state index in [1.165, 1.54) is 6.08 Å². The Labute approximate surface area is 222 Å². The van der Waals surface area contributed by atoms with Gasteiger partial charge in [-0.2, -0.15) is 0 Å². The van der Waals surface area contributed by atoms with E-state index in [9.17, 15) is 9.90 Å². The number of likely N-dealkylation sites (tertiary alicyclic amines) is 1. The third-order valence-corrected chi connectivity index (χ3v) is 7.14. The van der Waals surface area contributed by atoms with Crippen molar-refractivity contribution in [3.63, 3.8) is 0 Å². The van der Waals surface area contributed by atoms with Crippen LogP contribution in [0.15, 0.2) is 53.7 Å². The molecule has 1 aliphatic heterocycles. The van der Waals surface area contributed by atoms with Crippen molar-refractivity contribution in [2.45, 2.75) is 64.4 Å². The molecule has 0 saturated carbocycles. The van der Waals surface area contributed by atoms with Gasteiger partial charge in [0.25, 0.3) is 0 Å². The first-order valence-corrected chi connectivity index (χ1v) is 13.4.